The maximum atomic E-state index is 14.1. The molecular formula is C36H24N4Na2O10S2. The largest absolute Gasteiger partial charge is 1.00 e. The van der Waals surface area contributed by atoms with Crippen LogP contribution in [0, 0.1) is 0 Å². The molecule has 7 rings (SSSR count). The van der Waals surface area contributed by atoms with Gasteiger partial charge in [0.25, 0.3) is 31.9 Å². The van der Waals surface area contributed by atoms with Crippen molar-refractivity contribution in [1.29, 1.82) is 0 Å². The number of benzene rings is 5. The van der Waals surface area contributed by atoms with Gasteiger partial charge in [-0.2, -0.15) is 0 Å². The summed E-state index contributed by atoms with van der Waals surface area (Å²) in [6, 6.07) is 31.9. The number of aromatic nitrogens is 4. The fraction of sp³-hybridized carbons (Fsp3) is 0.0556. The summed E-state index contributed by atoms with van der Waals surface area (Å²) in [5.74, 6) is 0.0913. The van der Waals surface area contributed by atoms with Crippen LogP contribution >= 0.6 is 0 Å². The molecule has 0 saturated heterocycles. The van der Waals surface area contributed by atoms with Gasteiger partial charge in [-0.15, -0.1) is 0 Å². The Labute approximate surface area is 352 Å². The smallest absolute Gasteiger partial charge is 0.716 e. The van der Waals surface area contributed by atoms with E-state index in [-0.39, 0.29) is 106 Å². The Hall–Kier alpha value is -4.20. The Morgan fingerprint density at radius 1 is 0.500 bits per heavy atom. The number of nitrogens with zero attached hydrogens (tertiary/aromatic N) is 4. The number of para-hydroxylation sites is 2. The summed E-state index contributed by atoms with van der Waals surface area (Å²) in [5, 5.41) is 0.714. The molecule has 0 unspecified atom stereocenters. The van der Waals surface area contributed by atoms with E-state index in [2.05, 4.69) is 8.37 Å². The maximum absolute atomic E-state index is 14.1. The molecule has 0 radical (unpaired) electrons. The SMILES string of the molecule is O=c1c2ccccc2nc(-c2ccc(OS(=O)(=O)[O-])cc2)n1Cc1ccccc1Cn1c(-c2ccc(OS(=O)(=O)[O-])cc2)nc2ccccc2c1=O.[Na+].[Na+]. The average molecular weight is 783 g/mol. The maximum Gasteiger partial charge on any atom is 1.00 e. The van der Waals surface area contributed by atoms with Crippen LogP contribution in [0.1, 0.15) is 11.1 Å². The van der Waals surface area contributed by atoms with Crippen molar-refractivity contribution in [1.82, 2.24) is 19.1 Å². The molecule has 0 saturated carbocycles. The monoisotopic (exact) mass is 782 g/mol. The van der Waals surface area contributed by atoms with Gasteiger partial charge in [0.2, 0.25) is 0 Å². The zero-order valence-corrected chi connectivity index (χ0v) is 34.3. The molecular weight excluding hydrogens is 759 g/mol. The van der Waals surface area contributed by atoms with Gasteiger partial charge in [0.15, 0.2) is 0 Å². The summed E-state index contributed by atoms with van der Waals surface area (Å²) in [6.45, 7) is 0.0202. The van der Waals surface area contributed by atoms with Crippen molar-refractivity contribution in [3.8, 4) is 34.3 Å². The Morgan fingerprint density at radius 2 is 0.833 bits per heavy atom. The third kappa shape index (κ3) is 9.18. The van der Waals surface area contributed by atoms with Crippen molar-refractivity contribution >= 4 is 42.6 Å². The Balaban J connectivity index is 0.00000280. The first-order valence-electron chi connectivity index (χ1n) is 15.4. The second-order valence-corrected chi connectivity index (χ2v) is 13.5. The molecule has 5 aromatic carbocycles. The first-order chi connectivity index (χ1) is 24.8. The predicted molar refractivity (Wildman–Crippen MR) is 188 cm³/mol. The third-order valence-electron chi connectivity index (χ3n) is 8.12. The molecule has 262 valence electrons. The molecule has 7 aromatic rings. The van der Waals surface area contributed by atoms with Gasteiger partial charge in [-0.3, -0.25) is 18.7 Å². The van der Waals surface area contributed by atoms with Crippen LogP contribution in [0.25, 0.3) is 44.6 Å². The van der Waals surface area contributed by atoms with Gasteiger partial charge in [-0.05, 0) is 83.9 Å². The van der Waals surface area contributed by atoms with E-state index in [1.54, 1.807) is 60.7 Å². The van der Waals surface area contributed by atoms with Gasteiger partial charge < -0.3 is 17.5 Å². The van der Waals surface area contributed by atoms with Crippen LogP contribution in [-0.4, -0.2) is 45.0 Å². The fourth-order valence-electron chi connectivity index (χ4n) is 5.83. The summed E-state index contributed by atoms with van der Waals surface area (Å²) in [7, 11) is -10.0. The topological polar surface area (TPSA) is 203 Å². The quantitative estimate of drug-likeness (QED) is 0.0860. The molecule has 0 aliphatic heterocycles. The molecule has 18 heteroatoms. The van der Waals surface area contributed by atoms with Crippen LogP contribution in [-0.2, 0) is 33.9 Å². The van der Waals surface area contributed by atoms with E-state index < -0.39 is 20.8 Å². The van der Waals surface area contributed by atoms with Crippen molar-refractivity contribution in [2.75, 3.05) is 0 Å². The minimum atomic E-state index is -5.00. The van der Waals surface area contributed by atoms with Crippen molar-refractivity contribution in [3.63, 3.8) is 0 Å². The molecule has 0 amide bonds. The summed E-state index contributed by atoms with van der Waals surface area (Å²) < 4.78 is 78.5. The van der Waals surface area contributed by atoms with Crippen molar-refractivity contribution < 1.29 is 93.4 Å². The van der Waals surface area contributed by atoms with Crippen molar-refractivity contribution in [2.45, 2.75) is 13.1 Å². The third-order valence-corrected chi connectivity index (χ3v) is 8.91. The van der Waals surface area contributed by atoms with Crippen LogP contribution in [0.3, 0.4) is 0 Å². The van der Waals surface area contributed by atoms with E-state index >= 15 is 0 Å². The molecule has 0 fully saturated rings. The van der Waals surface area contributed by atoms with Crippen LogP contribution in [0.2, 0.25) is 0 Å². The number of fused-ring (bicyclic) bond motifs is 2. The molecule has 0 aliphatic rings. The average Bonchev–Trinajstić information content (AvgIpc) is 3.10. The predicted octanol–water partition coefficient (Wildman–Crippen LogP) is -1.78. The zero-order valence-electron chi connectivity index (χ0n) is 28.6. The Kier molecular flexibility index (Phi) is 12.6. The van der Waals surface area contributed by atoms with Gasteiger partial charge in [0.1, 0.15) is 23.1 Å². The zero-order chi connectivity index (χ0) is 36.6. The summed E-state index contributed by atoms with van der Waals surface area (Å²) >= 11 is 0. The fourth-order valence-corrected chi connectivity index (χ4v) is 6.53. The molecule has 0 bridgehead atoms. The van der Waals surface area contributed by atoms with Crippen LogP contribution in [0.5, 0.6) is 11.5 Å². The first-order valence-corrected chi connectivity index (χ1v) is 18.1. The van der Waals surface area contributed by atoms with Crippen LogP contribution < -0.4 is 78.6 Å². The minimum absolute atomic E-state index is 0. The molecule has 14 nitrogen and oxygen atoms in total. The summed E-state index contributed by atoms with van der Waals surface area (Å²) in [4.78, 5) is 37.6. The van der Waals surface area contributed by atoms with E-state index in [4.69, 9.17) is 9.97 Å². The number of rotatable bonds is 10. The second kappa shape index (κ2) is 16.7. The standard InChI is InChI=1S/C36H26N4O10S2.2Na/c41-35-29-9-3-5-11-31(29)37-33(23-13-17-27(18-14-23)49-51(43,44)45)39(35)21-25-7-1-2-8-26(25)22-40-34(38-32-12-6-4-10-30(32)36(40)42)24-15-19-28(20-16-24)50-52(46,47)48;;/h1-20H,21-22H2,(H,43,44,45)(H,46,47,48);;/q;2*+1/p-2. The Morgan fingerprint density at radius 3 is 1.19 bits per heavy atom. The van der Waals surface area contributed by atoms with E-state index in [9.17, 15) is 35.5 Å². The van der Waals surface area contributed by atoms with E-state index in [0.717, 1.165) is 0 Å². The number of hydrogen-bond donors (Lipinski definition) is 0. The molecule has 0 spiro atoms. The second-order valence-electron chi connectivity index (χ2n) is 11.5. The Bertz CT molecular complexity index is 2650. The van der Waals surface area contributed by atoms with E-state index in [1.807, 2.05) is 12.1 Å². The van der Waals surface area contributed by atoms with Gasteiger partial charge >= 0.3 is 59.1 Å². The summed E-state index contributed by atoms with van der Waals surface area (Å²) in [6.07, 6.45) is 0. The molecule has 2 heterocycles. The van der Waals surface area contributed by atoms with Gasteiger partial charge in [0.05, 0.1) is 34.9 Å². The van der Waals surface area contributed by atoms with Gasteiger partial charge in [-0.1, -0.05) is 48.5 Å². The van der Waals surface area contributed by atoms with Crippen molar-refractivity contribution in [3.05, 3.63) is 153 Å². The van der Waals surface area contributed by atoms with Crippen LogP contribution in [0.15, 0.2) is 131 Å². The first kappa shape index (κ1) is 41.0. The van der Waals surface area contributed by atoms with E-state index in [1.165, 1.54) is 57.7 Å². The molecule has 54 heavy (non-hydrogen) atoms. The van der Waals surface area contributed by atoms with Crippen molar-refractivity contribution in [2.24, 2.45) is 0 Å². The van der Waals surface area contributed by atoms with Gasteiger partial charge in [0, 0.05) is 11.1 Å². The number of hydrogen-bond acceptors (Lipinski definition) is 12. The van der Waals surface area contributed by atoms with Crippen LogP contribution in [0.4, 0.5) is 0 Å². The van der Waals surface area contributed by atoms with E-state index in [0.29, 0.717) is 44.1 Å². The molecule has 0 N–H and O–H groups in total. The molecule has 0 atom stereocenters. The van der Waals surface area contributed by atoms with Gasteiger partial charge in [-0.25, -0.2) is 26.8 Å². The minimum Gasteiger partial charge on any atom is -0.716 e. The molecule has 0 aliphatic carbocycles. The molecule has 2 aromatic heterocycles. The summed E-state index contributed by atoms with van der Waals surface area (Å²) in [5.41, 5.74) is 2.34. The normalized spacial score (nSPS) is 11.4.